The molecule has 0 N–H and O–H groups in total. The molecule has 0 spiro atoms. The zero-order valence-electron chi connectivity index (χ0n) is 21.3. The maximum atomic E-state index is 5.05. The number of nitrogens with zero attached hydrogens (tertiary/aromatic N) is 2. The number of hydrogen-bond donors (Lipinski definition) is 0. The molecule has 0 aliphatic heterocycles. The minimum Gasteiger partial charge on any atom is -0.335 e. The number of aryl methyl sites for hydroxylation is 4. The Labute approximate surface area is 199 Å². The van der Waals surface area contributed by atoms with Gasteiger partial charge in [-0.2, -0.15) is 0 Å². The third-order valence-corrected chi connectivity index (χ3v) is 6.66. The van der Waals surface area contributed by atoms with Crippen molar-refractivity contribution in [2.75, 3.05) is 0 Å². The lowest BCUT2D eigenvalue weighted by Crippen LogP contribution is -2.03. The molecule has 0 bridgehead atoms. The van der Waals surface area contributed by atoms with Crippen molar-refractivity contribution in [2.45, 2.75) is 136 Å². The molecule has 2 heteroatoms. The van der Waals surface area contributed by atoms with Crippen molar-refractivity contribution in [1.29, 1.82) is 0 Å². The summed E-state index contributed by atoms with van der Waals surface area (Å²) < 4.78 is 2.49. The van der Waals surface area contributed by atoms with Gasteiger partial charge in [-0.3, -0.25) is 0 Å². The van der Waals surface area contributed by atoms with E-state index in [1.807, 2.05) is 0 Å². The quantitative estimate of drug-likeness (QED) is 0.188. The third kappa shape index (κ3) is 11.9. The van der Waals surface area contributed by atoms with Crippen LogP contribution in [0.15, 0.2) is 36.5 Å². The number of hydrogen-bond acceptors (Lipinski definition) is 1. The summed E-state index contributed by atoms with van der Waals surface area (Å²) in [5.74, 6) is 1.33. The Morgan fingerprint density at radius 2 is 1.19 bits per heavy atom. The molecule has 0 aliphatic rings. The summed E-state index contributed by atoms with van der Waals surface area (Å²) in [4.78, 5) is 5.05. The van der Waals surface area contributed by atoms with Crippen LogP contribution in [0.3, 0.4) is 0 Å². The highest BCUT2D eigenvalue weighted by molar-refractivity contribution is 5.15. The van der Waals surface area contributed by atoms with E-state index < -0.39 is 0 Å². The molecule has 0 aliphatic carbocycles. The number of aromatic nitrogens is 2. The van der Waals surface area contributed by atoms with Crippen LogP contribution in [0.4, 0.5) is 0 Å². The van der Waals surface area contributed by atoms with Crippen LogP contribution >= 0.6 is 0 Å². The van der Waals surface area contributed by atoms with Crippen LogP contribution < -0.4 is 0 Å². The van der Waals surface area contributed by atoms with Gasteiger partial charge in [0.1, 0.15) is 5.82 Å². The summed E-state index contributed by atoms with van der Waals surface area (Å²) in [6.45, 7) is 5.74. The summed E-state index contributed by atoms with van der Waals surface area (Å²) in [5.41, 5.74) is 2.74. The molecule has 0 saturated heterocycles. The Balaban J connectivity index is 1.66. The molecule has 1 heterocycles. The van der Waals surface area contributed by atoms with Crippen LogP contribution in [0.25, 0.3) is 0 Å². The summed E-state index contributed by atoms with van der Waals surface area (Å²) in [7, 11) is 0. The number of unbranched alkanes of at least 4 members (excludes halogenated alkanes) is 12. The van der Waals surface area contributed by atoms with Gasteiger partial charge in [0.15, 0.2) is 0 Å². The van der Waals surface area contributed by atoms with Gasteiger partial charge in [-0.15, -0.1) is 0 Å². The van der Waals surface area contributed by atoms with Crippen LogP contribution in [0.1, 0.15) is 127 Å². The molecule has 0 saturated carbocycles. The lowest BCUT2D eigenvalue weighted by Gasteiger charge is -2.08. The Morgan fingerprint density at radius 1 is 0.594 bits per heavy atom. The van der Waals surface area contributed by atoms with Gasteiger partial charge >= 0.3 is 0 Å². The molecular weight excluding hydrogens is 388 g/mol. The predicted molar refractivity (Wildman–Crippen MR) is 140 cm³/mol. The van der Waals surface area contributed by atoms with Gasteiger partial charge < -0.3 is 4.57 Å². The lowest BCUT2D eigenvalue weighted by atomic mass is 10.1. The molecule has 0 atom stereocenters. The third-order valence-electron chi connectivity index (χ3n) is 6.66. The second kappa shape index (κ2) is 17.9. The maximum absolute atomic E-state index is 5.05. The Hall–Kier alpha value is -1.57. The van der Waals surface area contributed by atoms with Gasteiger partial charge in [0.05, 0.1) is 5.69 Å². The van der Waals surface area contributed by atoms with Crippen molar-refractivity contribution in [3.8, 4) is 0 Å². The van der Waals surface area contributed by atoms with Crippen molar-refractivity contribution in [3.05, 3.63) is 53.6 Å². The Bertz CT molecular complexity index is 673. The molecule has 2 rings (SSSR count). The van der Waals surface area contributed by atoms with Crippen molar-refractivity contribution in [3.63, 3.8) is 0 Å². The second-order valence-corrected chi connectivity index (χ2v) is 9.67. The van der Waals surface area contributed by atoms with E-state index in [1.54, 1.807) is 0 Å². The summed E-state index contributed by atoms with van der Waals surface area (Å²) in [5, 5.41) is 0. The van der Waals surface area contributed by atoms with Gasteiger partial charge in [-0.25, -0.2) is 4.98 Å². The number of rotatable bonds is 20. The van der Waals surface area contributed by atoms with Crippen LogP contribution in [-0.2, 0) is 25.8 Å². The second-order valence-electron chi connectivity index (χ2n) is 9.67. The van der Waals surface area contributed by atoms with Gasteiger partial charge in [0.25, 0.3) is 0 Å². The summed E-state index contributed by atoms with van der Waals surface area (Å²) in [6, 6.07) is 10.9. The van der Waals surface area contributed by atoms with Crippen molar-refractivity contribution in [2.24, 2.45) is 0 Å². The Kier molecular flexibility index (Phi) is 14.9. The minimum atomic E-state index is 1.10. The van der Waals surface area contributed by atoms with Crippen LogP contribution in [0.2, 0.25) is 0 Å². The molecule has 180 valence electrons. The highest BCUT2D eigenvalue weighted by Gasteiger charge is 2.08. The smallest absolute Gasteiger partial charge is 0.108 e. The number of benzene rings is 1. The van der Waals surface area contributed by atoms with Gasteiger partial charge in [0, 0.05) is 19.2 Å². The first-order chi connectivity index (χ1) is 15.8. The van der Waals surface area contributed by atoms with Crippen LogP contribution in [0, 0.1) is 0 Å². The van der Waals surface area contributed by atoms with Gasteiger partial charge in [-0.05, 0) is 37.7 Å². The van der Waals surface area contributed by atoms with E-state index >= 15 is 0 Å². The molecule has 1 aromatic heterocycles. The zero-order chi connectivity index (χ0) is 22.7. The molecule has 0 radical (unpaired) electrons. The molecule has 32 heavy (non-hydrogen) atoms. The van der Waals surface area contributed by atoms with Gasteiger partial charge in [0.2, 0.25) is 0 Å². The minimum absolute atomic E-state index is 1.10. The SMILES string of the molecule is CCCCCCCCCCCCCn1cc(CCCc2ccccc2)nc1CCCCC. The van der Waals surface area contributed by atoms with Gasteiger partial charge in [-0.1, -0.05) is 121 Å². The summed E-state index contributed by atoms with van der Waals surface area (Å²) in [6.07, 6.45) is 26.3. The Morgan fingerprint density at radius 3 is 1.84 bits per heavy atom. The monoisotopic (exact) mass is 438 g/mol. The van der Waals surface area contributed by atoms with E-state index in [4.69, 9.17) is 4.98 Å². The number of imidazole rings is 1. The average Bonchev–Trinajstić information content (AvgIpc) is 3.20. The predicted octanol–water partition coefficient (Wildman–Crippen LogP) is 9.10. The molecular formula is C30H50N2. The van der Waals surface area contributed by atoms with Crippen molar-refractivity contribution < 1.29 is 0 Å². The first kappa shape index (κ1) is 26.7. The van der Waals surface area contributed by atoms with E-state index in [0.29, 0.717) is 0 Å². The van der Waals surface area contributed by atoms with E-state index in [-0.39, 0.29) is 0 Å². The van der Waals surface area contributed by atoms with E-state index in [0.717, 1.165) is 25.8 Å². The molecule has 0 unspecified atom stereocenters. The summed E-state index contributed by atoms with van der Waals surface area (Å²) >= 11 is 0. The average molecular weight is 439 g/mol. The molecule has 0 fully saturated rings. The van der Waals surface area contributed by atoms with Crippen molar-refractivity contribution >= 4 is 0 Å². The fourth-order valence-corrected chi connectivity index (χ4v) is 4.62. The van der Waals surface area contributed by atoms with E-state index in [2.05, 4.69) is 54.9 Å². The zero-order valence-corrected chi connectivity index (χ0v) is 21.3. The normalized spacial score (nSPS) is 11.3. The molecule has 2 aromatic rings. The standard InChI is InChI=1S/C30H50N2/c1-3-5-7-8-9-10-11-12-13-14-19-26-32-27-29(31-30(32)25-16-6-4-2)24-20-23-28-21-17-15-18-22-28/h15,17-18,21-22,27H,3-14,16,19-20,23-26H2,1-2H3. The topological polar surface area (TPSA) is 17.8 Å². The van der Waals surface area contributed by atoms with Crippen LogP contribution in [0.5, 0.6) is 0 Å². The largest absolute Gasteiger partial charge is 0.335 e. The van der Waals surface area contributed by atoms with Crippen molar-refractivity contribution in [1.82, 2.24) is 9.55 Å². The highest BCUT2D eigenvalue weighted by atomic mass is 15.1. The highest BCUT2D eigenvalue weighted by Crippen LogP contribution is 2.15. The fourth-order valence-electron chi connectivity index (χ4n) is 4.62. The first-order valence-corrected chi connectivity index (χ1v) is 13.9. The molecule has 2 nitrogen and oxygen atoms in total. The molecule has 0 amide bonds. The lowest BCUT2D eigenvalue weighted by molar-refractivity contribution is 0.523. The first-order valence-electron chi connectivity index (χ1n) is 13.9. The van der Waals surface area contributed by atoms with E-state index in [1.165, 1.54) is 113 Å². The maximum Gasteiger partial charge on any atom is 0.108 e. The van der Waals surface area contributed by atoms with E-state index in [9.17, 15) is 0 Å². The fraction of sp³-hybridized carbons (Fsp3) is 0.700. The molecule has 1 aromatic carbocycles. The van der Waals surface area contributed by atoms with Crippen LogP contribution in [-0.4, -0.2) is 9.55 Å².